The van der Waals surface area contributed by atoms with E-state index in [1.807, 2.05) is 0 Å². The largest absolute Gasteiger partial charge is 0.392 e. The molecule has 0 saturated heterocycles. The highest BCUT2D eigenvalue weighted by Crippen LogP contribution is 2.22. The lowest BCUT2D eigenvalue weighted by atomic mass is 10.2. The SMILES string of the molecule is Cc1nn(-c2ccc(Cl)cc2F)c(C)c1CO. The predicted octanol–water partition coefficient (Wildman–Crippen LogP) is 2.77. The molecule has 0 aliphatic heterocycles. The van der Waals surface area contributed by atoms with E-state index in [-0.39, 0.29) is 6.61 Å². The number of hydrogen-bond donors (Lipinski definition) is 1. The van der Waals surface area contributed by atoms with Crippen LogP contribution in [0.5, 0.6) is 0 Å². The molecule has 0 amide bonds. The van der Waals surface area contributed by atoms with Crippen LogP contribution < -0.4 is 0 Å². The van der Waals surface area contributed by atoms with Gasteiger partial charge in [-0.15, -0.1) is 0 Å². The predicted molar refractivity (Wildman–Crippen MR) is 63.9 cm³/mol. The number of aliphatic hydroxyl groups excluding tert-OH is 1. The average Bonchev–Trinajstić information content (AvgIpc) is 2.54. The van der Waals surface area contributed by atoms with Crippen LogP contribution in [0, 0.1) is 19.7 Å². The van der Waals surface area contributed by atoms with Gasteiger partial charge < -0.3 is 5.11 Å². The van der Waals surface area contributed by atoms with E-state index < -0.39 is 5.82 Å². The molecule has 1 N–H and O–H groups in total. The van der Waals surface area contributed by atoms with Crippen LogP contribution in [0.2, 0.25) is 5.02 Å². The normalized spacial score (nSPS) is 10.9. The molecular formula is C12H12ClFN2O. The standard InChI is InChI=1S/C12H12ClFN2O/c1-7-10(6-17)8(2)16(15-7)12-4-3-9(13)5-11(12)14/h3-5,17H,6H2,1-2H3. The molecular weight excluding hydrogens is 243 g/mol. The van der Waals surface area contributed by atoms with Gasteiger partial charge in [0.1, 0.15) is 11.5 Å². The van der Waals surface area contributed by atoms with E-state index >= 15 is 0 Å². The Bertz CT molecular complexity index is 566. The molecule has 90 valence electrons. The molecule has 0 atom stereocenters. The first-order valence-corrected chi connectivity index (χ1v) is 5.53. The summed E-state index contributed by atoms with van der Waals surface area (Å²) in [7, 11) is 0. The van der Waals surface area contributed by atoms with Crippen LogP contribution >= 0.6 is 11.6 Å². The fourth-order valence-electron chi connectivity index (χ4n) is 1.79. The van der Waals surface area contributed by atoms with Crippen molar-refractivity contribution >= 4 is 11.6 Å². The molecule has 0 aliphatic carbocycles. The third-order valence-corrected chi connectivity index (χ3v) is 2.97. The molecule has 0 aliphatic rings. The van der Waals surface area contributed by atoms with E-state index in [1.54, 1.807) is 26.0 Å². The molecule has 0 bridgehead atoms. The Morgan fingerprint density at radius 2 is 2.12 bits per heavy atom. The Hall–Kier alpha value is -1.39. The Balaban J connectivity index is 2.61. The van der Waals surface area contributed by atoms with Gasteiger partial charge in [0.15, 0.2) is 0 Å². The summed E-state index contributed by atoms with van der Waals surface area (Å²) >= 11 is 5.70. The highest BCUT2D eigenvalue weighted by atomic mass is 35.5. The van der Waals surface area contributed by atoms with Crippen molar-refractivity contribution in [2.24, 2.45) is 0 Å². The number of nitrogens with zero attached hydrogens (tertiary/aromatic N) is 2. The summed E-state index contributed by atoms with van der Waals surface area (Å²) in [6.07, 6.45) is 0. The number of aromatic nitrogens is 2. The molecule has 0 radical (unpaired) electrons. The van der Waals surface area contributed by atoms with Crippen LogP contribution in [0.25, 0.3) is 5.69 Å². The average molecular weight is 255 g/mol. The maximum Gasteiger partial charge on any atom is 0.150 e. The number of rotatable bonds is 2. The highest BCUT2D eigenvalue weighted by Gasteiger charge is 2.14. The Morgan fingerprint density at radius 3 is 2.65 bits per heavy atom. The van der Waals surface area contributed by atoms with E-state index in [1.165, 1.54) is 10.7 Å². The molecule has 2 aromatic rings. The Kier molecular flexibility index (Phi) is 3.17. The van der Waals surface area contributed by atoms with Crippen molar-refractivity contribution < 1.29 is 9.50 Å². The molecule has 1 aromatic carbocycles. The van der Waals surface area contributed by atoms with Gasteiger partial charge in [-0.3, -0.25) is 0 Å². The zero-order valence-corrected chi connectivity index (χ0v) is 10.3. The van der Waals surface area contributed by atoms with Crippen LogP contribution in [0.3, 0.4) is 0 Å². The van der Waals surface area contributed by atoms with Crippen LogP contribution in [0.4, 0.5) is 4.39 Å². The van der Waals surface area contributed by atoms with Gasteiger partial charge in [0.05, 0.1) is 12.3 Å². The first-order valence-electron chi connectivity index (χ1n) is 5.16. The second kappa shape index (κ2) is 4.47. The zero-order valence-electron chi connectivity index (χ0n) is 9.54. The lowest BCUT2D eigenvalue weighted by Crippen LogP contribution is -2.02. The molecule has 0 unspecified atom stereocenters. The van der Waals surface area contributed by atoms with Gasteiger partial charge in [0.2, 0.25) is 0 Å². The maximum absolute atomic E-state index is 13.8. The lowest BCUT2D eigenvalue weighted by molar-refractivity contribution is 0.280. The van der Waals surface area contributed by atoms with Crippen LogP contribution in [0.15, 0.2) is 18.2 Å². The number of benzene rings is 1. The van der Waals surface area contributed by atoms with Crippen molar-refractivity contribution in [2.75, 3.05) is 0 Å². The van der Waals surface area contributed by atoms with Gasteiger partial charge in [-0.2, -0.15) is 5.10 Å². The second-order valence-electron chi connectivity index (χ2n) is 3.82. The van der Waals surface area contributed by atoms with E-state index in [2.05, 4.69) is 5.10 Å². The molecule has 17 heavy (non-hydrogen) atoms. The number of halogens is 2. The minimum atomic E-state index is -0.437. The smallest absolute Gasteiger partial charge is 0.150 e. The number of aliphatic hydroxyl groups is 1. The third kappa shape index (κ3) is 2.06. The number of aryl methyl sites for hydroxylation is 1. The fourth-order valence-corrected chi connectivity index (χ4v) is 1.95. The molecule has 1 aromatic heterocycles. The second-order valence-corrected chi connectivity index (χ2v) is 4.25. The van der Waals surface area contributed by atoms with E-state index in [4.69, 9.17) is 11.6 Å². The summed E-state index contributed by atoms with van der Waals surface area (Å²) in [5.74, 6) is -0.437. The van der Waals surface area contributed by atoms with Gasteiger partial charge in [-0.1, -0.05) is 11.6 Å². The summed E-state index contributed by atoms with van der Waals surface area (Å²) in [6.45, 7) is 3.47. The van der Waals surface area contributed by atoms with E-state index in [0.717, 1.165) is 11.3 Å². The third-order valence-electron chi connectivity index (χ3n) is 2.74. The fraction of sp³-hybridized carbons (Fsp3) is 0.250. The van der Waals surface area contributed by atoms with Crippen LogP contribution in [-0.2, 0) is 6.61 Å². The van der Waals surface area contributed by atoms with Crippen molar-refractivity contribution in [3.63, 3.8) is 0 Å². The zero-order chi connectivity index (χ0) is 12.6. The molecule has 2 rings (SSSR count). The molecule has 1 heterocycles. The van der Waals surface area contributed by atoms with Gasteiger partial charge in [0, 0.05) is 16.3 Å². The monoisotopic (exact) mass is 254 g/mol. The molecule has 0 spiro atoms. The van der Waals surface area contributed by atoms with E-state index in [9.17, 15) is 9.50 Å². The summed E-state index contributed by atoms with van der Waals surface area (Å²) in [6, 6.07) is 4.42. The Morgan fingerprint density at radius 1 is 1.41 bits per heavy atom. The van der Waals surface area contributed by atoms with Crippen molar-refractivity contribution in [2.45, 2.75) is 20.5 Å². The molecule has 0 fully saturated rings. The lowest BCUT2D eigenvalue weighted by Gasteiger charge is -2.06. The van der Waals surface area contributed by atoms with Crippen molar-refractivity contribution in [1.29, 1.82) is 0 Å². The topological polar surface area (TPSA) is 38.0 Å². The summed E-state index contributed by atoms with van der Waals surface area (Å²) in [5.41, 5.74) is 2.47. The van der Waals surface area contributed by atoms with Gasteiger partial charge >= 0.3 is 0 Å². The van der Waals surface area contributed by atoms with Crippen molar-refractivity contribution in [3.05, 3.63) is 46.0 Å². The minimum absolute atomic E-state index is 0.104. The van der Waals surface area contributed by atoms with Crippen LogP contribution in [0.1, 0.15) is 17.0 Å². The first kappa shape index (κ1) is 12.1. The number of hydrogen-bond acceptors (Lipinski definition) is 2. The molecule has 3 nitrogen and oxygen atoms in total. The molecule has 5 heteroatoms. The summed E-state index contributed by atoms with van der Waals surface area (Å²) in [4.78, 5) is 0. The maximum atomic E-state index is 13.8. The quantitative estimate of drug-likeness (QED) is 0.895. The van der Waals surface area contributed by atoms with E-state index in [0.29, 0.717) is 16.4 Å². The Labute approximate surface area is 103 Å². The van der Waals surface area contributed by atoms with Gasteiger partial charge in [0.25, 0.3) is 0 Å². The van der Waals surface area contributed by atoms with Gasteiger partial charge in [-0.25, -0.2) is 9.07 Å². The van der Waals surface area contributed by atoms with Crippen molar-refractivity contribution in [1.82, 2.24) is 9.78 Å². The summed E-state index contributed by atoms with van der Waals surface area (Å²) < 4.78 is 15.2. The summed E-state index contributed by atoms with van der Waals surface area (Å²) in [5, 5.41) is 13.8. The van der Waals surface area contributed by atoms with Gasteiger partial charge in [-0.05, 0) is 32.0 Å². The molecule has 0 saturated carbocycles. The van der Waals surface area contributed by atoms with Crippen LogP contribution in [-0.4, -0.2) is 14.9 Å². The minimum Gasteiger partial charge on any atom is -0.392 e. The van der Waals surface area contributed by atoms with Crippen molar-refractivity contribution in [3.8, 4) is 5.69 Å². The highest BCUT2D eigenvalue weighted by molar-refractivity contribution is 6.30. The first-order chi connectivity index (χ1) is 8.04.